The number of nitrogens with zero attached hydrogens (tertiary/aromatic N) is 2. The van der Waals surface area contributed by atoms with Crippen LogP contribution in [0.5, 0.6) is 5.75 Å². The molecular weight excluding hydrogens is 418 g/mol. The van der Waals surface area contributed by atoms with Crippen molar-refractivity contribution in [2.45, 2.75) is 24.9 Å². The number of carbonyl (C=O) groups excluding carboxylic acids is 3. The number of fused-ring (bicyclic) bond motifs is 3. The lowest BCUT2D eigenvalue weighted by molar-refractivity contribution is -0.147. The molecule has 0 spiro atoms. The Morgan fingerprint density at radius 3 is 2.53 bits per heavy atom. The number of carbonyl (C=O) groups is 3. The smallest absolute Gasteiger partial charge is 0.255 e. The zero-order valence-electron chi connectivity index (χ0n) is 17.5. The number of aliphatic hydroxyl groups is 3. The molecule has 1 aromatic carbocycles. The topological polar surface area (TPSA) is 174 Å². The van der Waals surface area contributed by atoms with Crippen molar-refractivity contribution in [1.29, 1.82) is 0 Å². The van der Waals surface area contributed by atoms with Crippen LogP contribution in [0.2, 0.25) is 0 Å². The first-order valence-corrected chi connectivity index (χ1v) is 10.0. The van der Waals surface area contributed by atoms with E-state index in [-0.39, 0.29) is 36.1 Å². The van der Waals surface area contributed by atoms with Crippen LogP contribution in [0, 0.1) is 11.8 Å². The largest absolute Gasteiger partial charge is 0.508 e. The molecule has 1 fully saturated rings. The van der Waals surface area contributed by atoms with E-state index in [1.807, 2.05) is 0 Å². The summed E-state index contributed by atoms with van der Waals surface area (Å²) >= 11 is 0. The van der Waals surface area contributed by atoms with E-state index >= 15 is 0 Å². The Kier molecular flexibility index (Phi) is 4.85. The molecule has 10 nitrogen and oxygen atoms in total. The van der Waals surface area contributed by atoms with Gasteiger partial charge in [-0.25, -0.2) is 4.99 Å². The maximum atomic E-state index is 13.4. The van der Waals surface area contributed by atoms with E-state index in [4.69, 9.17) is 5.73 Å². The normalized spacial score (nSPS) is 27.3. The van der Waals surface area contributed by atoms with E-state index in [9.17, 15) is 34.8 Å². The molecule has 3 atom stereocenters. The number of benzene rings is 1. The van der Waals surface area contributed by atoms with Crippen molar-refractivity contribution in [3.8, 4) is 5.75 Å². The van der Waals surface area contributed by atoms with Gasteiger partial charge in [-0.15, -0.1) is 0 Å². The fraction of sp³-hybridized carbons (Fsp3) is 0.364. The predicted octanol–water partition coefficient (Wildman–Crippen LogP) is 0.645. The number of phenolic OH excluding ortho intramolecular Hbond substituents is 1. The van der Waals surface area contributed by atoms with Crippen molar-refractivity contribution in [1.82, 2.24) is 4.90 Å². The van der Waals surface area contributed by atoms with Crippen LogP contribution in [0.1, 0.15) is 24.0 Å². The minimum Gasteiger partial charge on any atom is -0.508 e. The van der Waals surface area contributed by atoms with Crippen LogP contribution < -0.4 is 5.73 Å². The molecule has 3 aliphatic carbocycles. The third-order valence-corrected chi connectivity index (χ3v) is 6.35. The molecule has 4 rings (SSSR count). The SMILES string of the molecule is CN(C)C=Nc1ccc(O)c2c1C[C@H]1C[C@H]3CC(=O)C(C(N)=O)=C(O)[C@@]3(O)C(=O)C1=C2O. The van der Waals surface area contributed by atoms with Crippen molar-refractivity contribution >= 4 is 35.3 Å². The van der Waals surface area contributed by atoms with E-state index < -0.39 is 52.0 Å². The highest BCUT2D eigenvalue weighted by Gasteiger charge is 2.60. The average molecular weight is 441 g/mol. The fourth-order valence-electron chi connectivity index (χ4n) is 4.90. The van der Waals surface area contributed by atoms with Gasteiger partial charge in [0.15, 0.2) is 11.4 Å². The Morgan fingerprint density at radius 1 is 1.22 bits per heavy atom. The lowest BCUT2D eigenvalue weighted by atomic mass is 9.59. The first-order chi connectivity index (χ1) is 15.0. The number of hydrogen-bond acceptors (Lipinski definition) is 8. The number of amides is 1. The second-order valence-electron chi connectivity index (χ2n) is 8.57. The molecular formula is C22H23N3O7. The van der Waals surface area contributed by atoms with Gasteiger partial charge in [0.25, 0.3) is 5.91 Å². The maximum absolute atomic E-state index is 13.4. The summed E-state index contributed by atoms with van der Waals surface area (Å²) in [6.45, 7) is 0. The zero-order valence-corrected chi connectivity index (χ0v) is 17.5. The molecule has 32 heavy (non-hydrogen) atoms. The van der Waals surface area contributed by atoms with Crippen molar-refractivity contribution < 1.29 is 34.8 Å². The summed E-state index contributed by atoms with van der Waals surface area (Å²) in [7, 11) is 3.57. The Balaban J connectivity index is 1.91. The number of aromatic hydroxyl groups is 1. The van der Waals surface area contributed by atoms with Gasteiger partial charge >= 0.3 is 0 Å². The molecule has 3 aliphatic rings. The second kappa shape index (κ2) is 7.20. The molecule has 1 saturated carbocycles. The van der Waals surface area contributed by atoms with Crippen LogP contribution in [0.25, 0.3) is 5.76 Å². The lowest BCUT2D eigenvalue weighted by Crippen LogP contribution is -2.58. The van der Waals surface area contributed by atoms with Crippen molar-refractivity contribution in [2.75, 3.05) is 14.1 Å². The lowest BCUT2D eigenvalue weighted by Gasteiger charge is -2.46. The zero-order chi connectivity index (χ0) is 23.5. The highest BCUT2D eigenvalue weighted by Crippen LogP contribution is 2.52. The number of ketones is 2. The quantitative estimate of drug-likeness (QED) is 0.258. The number of aliphatic imine (C=N–C) groups is 1. The van der Waals surface area contributed by atoms with E-state index in [2.05, 4.69) is 4.99 Å². The van der Waals surface area contributed by atoms with Crippen LogP contribution in [-0.4, -0.2) is 68.8 Å². The number of nitrogens with two attached hydrogens (primary N) is 1. The highest BCUT2D eigenvalue weighted by atomic mass is 16.3. The van der Waals surface area contributed by atoms with Gasteiger partial charge < -0.3 is 31.1 Å². The molecule has 6 N–H and O–H groups in total. The Morgan fingerprint density at radius 2 is 1.91 bits per heavy atom. The van der Waals surface area contributed by atoms with Gasteiger partial charge in [-0.05, 0) is 36.5 Å². The summed E-state index contributed by atoms with van der Waals surface area (Å²) in [5.74, 6) is -6.50. The van der Waals surface area contributed by atoms with Crippen LogP contribution in [0.15, 0.2) is 34.0 Å². The van der Waals surface area contributed by atoms with Gasteiger partial charge in [-0.3, -0.25) is 14.4 Å². The molecule has 10 heteroatoms. The summed E-state index contributed by atoms with van der Waals surface area (Å²) in [6.07, 6.45) is 1.49. The molecule has 168 valence electrons. The van der Waals surface area contributed by atoms with Crippen molar-refractivity contribution in [3.63, 3.8) is 0 Å². The van der Waals surface area contributed by atoms with E-state index in [0.29, 0.717) is 11.3 Å². The van der Waals surface area contributed by atoms with Gasteiger partial charge in [0.05, 0.1) is 17.6 Å². The number of phenols is 1. The fourth-order valence-corrected chi connectivity index (χ4v) is 4.90. The first kappa shape index (κ1) is 21.6. The Hall–Kier alpha value is -3.66. The van der Waals surface area contributed by atoms with Gasteiger partial charge in [-0.1, -0.05) is 0 Å². The second-order valence-corrected chi connectivity index (χ2v) is 8.57. The van der Waals surface area contributed by atoms with E-state index in [0.717, 1.165) is 0 Å². The molecule has 0 unspecified atom stereocenters. The summed E-state index contributed by atoms with van der Waals surface area (Å²) < 4.78 is 0. The minimum atomic E-state index is -2.56. The Bertz CT molecular complexity index is 1160. The number of aliphatic hydroxyl groups excluding tert-OH is 2. The summed E-state index contributed by atoms with van der Waals surface area (Å²) in [5, 5.41) is 43.1. The highest BCUT2D eigenvalue weighted by molar-refractivity contribution is 6.22. The van der Waals surface area contributed by atoms with E-state index in [1.165, 1.54) is 6.07 Å². The number of hydrogen-bond donors (Lipinski definition) is 5. The van der Waals surface area contributed by atoms with E-state index in [1.54, 1.807) is 31.4 Å². The number of primary amides is 1. The molecule has 1 aromatic rings. The molecule has 0 heterocycles. The molecule has 0 aliphatic heterocycles. The predicted molar refractivity (Wildman–Crippen MR) is 113 cm³/mol. The number of Topliss-reactive ketones (excluding diaryl/α,β-unsaturated/α-hetero) is 2. The van der Waals surface area contributed by atoms with Crippen LogP contribution in [0.4, 0.5) is 5.69 Å². The van der Waals surface area contributed by atoms with Crippen LogP contribution in [-0.2, 0) is 20.8 Å². The van der Waals surface area contributed by atoms with Crippen molar-refractivity contribution in [3.05, 3.63) is 40.2 Å². The van der Waals surface area contributed by atoms with Gasteiger partial charge in [0.1, 0.15) is 22.8 Å². The van der Waals surface area contributed by atoms with Gasteiger partial charge in [0.2, 0.25) is 5.78 Å². The number of rotatable bonds is 3. The molecule has 0 radical (unpaired) electrons. The van der Waals surface area contributed by atoms with Crippen molar-refractivity contribution in [2.24, 2.45) is 22.6 Å². The molecule has 0 saturated heterocycles. The minimum absolute atomic E-state index is 0.0190. The molecule has 0 aromatic heterocycles. The van der Waals surface area contributed by atoms with Gasteiger partial charge in [-0.2, -0.15) is 0 Å². The average Bonchev–Trinajstić information content (AvgIpc) is 2.69. The monoisotopic (exact) mass is 441 g/mol. The summed E-state index contributed by atoms with van der Waals surface area (Å²) in [4.78, 5) is 43.5. The third-order valence-electron chi connectivity index (χ3n) is 6.35. The summed E-state index contributed by atoms with van der Waals surface area (Å²) in [5.41, 5.74) is 2.65. The van der Waals surface area contributed by atoms with Gasteiger partial charge in [0, 0.05) is 32.0 Å². The standard InChI is InChI=1S/C22H23N3O7/c1-25(2)8-24-12-3-4-13(26)16-11(12)6-9-5-10-7-14(27)17(21(23)31)20(30)22(10,32)19(29)15(9)18(16)28/h3-4,8-10,26,28,30,32H,5-7H2,1-2H3,(H2,23,31)/t9-,10+,22+/m1/s1. The first-order valence-electron chi connectivity index (χ1n) is 10.0. The Labute approximate surface area is 183 Å². The summed E-state index contributed by atoms with van der Waals surface area (Å²) in [6, 6.07) is 2.93. The van der Waals surface area contributed by atoms with Crippen LogP contribution >= 0.6 is 0 Å². The molecule has 1 amide bonds. The maximum Gasteiger partial charge on any atom is 0.255 e. The molecule has 0 bridgehead atoms. The third kappa shape index (κ3) is 2.90. The van der Waals surface area contributed by atoms with Crippen LogP contribution in [0.3, 0.4) is 0 Å².